The van der Waals surface area contributed by atoms with Gasteiger partial charge in [-0.2, -0.15) is 0 Å². The number of hydrogen-bond donors (Lipinski definition) is 1. The quantitative estimate of drug-likeness (QED) is 0.881. The van der Waals surface area contributed by atoms with E-state index in [0.717, 1.165) is 11.3 Å². The van der Waals surface area contributed by atoms with E-state index in [1.807, 2.05) is 31.2 Å². The zero-order valence-corrected chi connectivity index (χ0v) is 11.5. The Morgan fingerprint density at radius 1 is 1.28 bits per heavy atom. The van der Waals surface area contributed by atoms with E-state index >= 15 is 0 Å². The van der Waals surface area contributed by atoms with Crippen LogP contribution in [0, 0.1) is 5.92 Å². The predicted octanol–water partition coefficient (Wildman–Crippen LogP) is 1.39. The summed E-state index contributed by atoms with van der Waals surface area (Å²) in [5, 5.41) is 3.32. The third-order valence-corrected chi connectivity index (χ3v) is 5.10. The van der Waals surface area contributed by atoms with Gasteiger partial charge in [-0.15, -0.1) is 0 Å². The van der Waals surface area contributed by atoms with E-state index in [9.17, 15) is 8.42 Å². The lowest BCUT2D eigenvalue weighted by Gasteiger charge is -2.18. The van der Waals surface area contributed by atoms with Crippen LogP contribution in [0.25, 0.3) is 0 Å². The number of hydrogen-bond acceptors (Lipinski definition) is 4. The van der Waals surface area contributed by atoms with E-state index in [1.165, 1.54) is 0 Å². The van der Waals surface area contributed by atoms with Gasteiger partial charge in [-0.3, -0.25) is 0 Å². The van der Waals surface area contributed by atoms with Gasteiger partial charge < -0.3 is 10.1 Å². The van der Waals surface area contributed by atoms with Crippen LogP contribution in [0.5, 0.6) is 5.75 Å². The van der Waals surface area contributed by atoms with E-state index in [-0.39, 0.29) is 23.5 Å². The molecule has 1 aliphatic rings. The van der Waals surface area contributed by atoms with Crippen LogP contribution < -0.4 is 10.1 Å². The van der Waals surface area contributed by atoms with Crippen molar-refractivity contribution in [2.45, 2.75) is 13.0 Å². The topological polar surface area (TPSA) is 55.4 Å². The Morgan fingerprint density at radius 2 is 2.00 bits per heavy atom. The number of sulfone groups is 1. The standard InChI is InChI=1S/C13H19NO3S/c1-10-7-14-12(9-18(15,16)8-10)11-5-3-4-6-13(11)17-2/h3-6,10,12,14H,7-9H2,1-2H3. The van der Waals surface area contributed by atoms with Crippen LogP contribution in [-0.4, -0.2) is 33.6 Å². The fourth-order valence-electron chi connectivity index (χ4n) is 2.37. The Labute approximate surface area is 108 Å². The SMILES string of the molecule is COc1ccccc1C1CS(=O)(=O)CC(C)CN1. The van der Waals surface area contributed by atoms with Gasteiger partial charge in [0.05, 0.1) is 18.6 Å². The van der Waals surface area contributed by atoms with E-state index in [1.54, 1.807) is 7.11 Å². The molecule has 2 rings (SSSR count). The molecule has 100 valence electrons. The maximum absolute atomic E-state index is 12.0. The van der Waals surface area contributed by atoms with Gasteiger partial charge in [0.25, 0.3) is 0 Å². The van der Waals surface area contributed by atoms with Crippen molar-refractivity contribution in [3.8, 4) is 5.75 Å². The molecule has 1 aliphatic heterocycles. The minimum Gasteiger partial charge on any atom is -0.496 e. The van der Waals surface area contributed by atoms with Gasteiger partial charge >= 0.3 is 0 Å². The first-order valence-electron chi connectivity index (χ1n) is 6.08. The molecule has 4 nitrogen and oxygen atoms in total. The van der Waals surface area contributed by atoms with Crippen molar-refractivity contribution < 1.29 is 13.2 Å². The lowest BCUT2D eigenvalue weighted by Crippen LogP contribution is -2.26. The molecule has 0 amide bonds. The number of ether oxygens (including phenoxy) is 1. The average Bonchev–Trinajstić information content (AvgIpc) is 2.46. The van der Waals surface area contributed by atoms with Crippen LogP contribution in [0.3, 0.4) is 0 Å². The van der Waals surface area contributed by atoms with Crippen molar-refractivity contribution in [1.82, 2.24) is 5.32 Å². The van der Waals surface area contributed by atoms with Crippen molar-refractivity contribution in [3.63, 3.8) is 0 Å². The van der Waals surface area contributed by atoms with Crippen molar-refractivity contribution >= 4 is 9.84 Å². The summed E-state index contributed by atoms with van der Waals surface area (Å²) in [5.74, 6) is 1.28. The zero-order chi connectivity index (χ0) is 13.2. The second kappa shape index (κ2) is 5.28. The summed E-state index contributed by atoms with van der Waals surface area (Å²) in [6, 6.07) is 7.38. The normalized spacial score (nSPS) is 27.4. The Bertz CT molecular complexity index is 513. The van der Waals surface area contributed by atoms with E-state index in [4.69, 9.17) is 4.74 Å². The first-order valence-corrected chi connectivity index (χ1v) is 7.90. The molecule has 18 heavy (non-hydrogen) atoms. The molecule has 0 aromatic heterocycles. The van der Waals surface area contributed by atoms with Gasteiger partial charge in [0, 0.05) is 11.6 Å². The van der Waals surface area contributed by atoms with Crippen molar-refractivity contribution in [2.24, 2.45) is 5.92 Å². The first-order chi connectivity index (χ1) is 8.52. The number of para-hydroxylation sites is 1. The molecule has 0 saturated carbocycles. The molecule has 2 unspecified atom stereocenters. The summed E-state index contributed by atoms with van der Waals surface area (Å²) in [6.07, 6.45) is 0. The second-order valence-corrected chi connectivity index (χ2v) is 7.04. The van der Waals surface area contributed by atoms with Crippen LogP contribution >= 0.6 is 0 Å². The van der Waals surface area contributed by atoms with Crippen LogP contribution in [0.2, 0.25) is 0 Å². The maximum atomic E-state index is 12.0. The molecule has 0 bridgehead atoms. The van der Waals surface area contributed by atoms with E-state index in [0.29, 0.717) is 6.54 Å². The number of benzene rings is 1. The molecular formula is C13H19NO3S. The molecular weight excluding hydrogens is 250 g/mol. The van der Waals surface area contributed by atoms with E-state index < -0.39 is 9.84 Å². The highest BCUT2D eigenvalue weighted by molar-refractivity contribution is 7.91. The second-order valence-electron chi connectivity index (χ2n) is 4.88. The van der Waals surface area contributed by atoms with Crippen molar-refractivity contribution in [1.29, 1.82) is 0 Å². The molecule has 0 aliphatic carbocycles. The third kappa shape index (κ3) is 3.03. The molecule has 1 fully saturated rings. The predicted molar refractivity (Wildman–Crippen MR) is 71.6 cm³/mol. The van der Waals surface area contributed by atoms with Crippen LogP contribution in [0.15, 0.2) is 24.3 Å². The molecule has 0 radical (unpaired) electrons. The van der Waals surface area contributed by atoms with Gasteiger partial charge in [-0.25, -0.2) is 8.42 Å². The molecule has 1 aromatic rings. The number of rotatable bonds is 2. The molecule has 1 aromatic carbocycles. The highest BCUT2D eigenvalue weighted by Crippen LogP contribution is 2.27. The van der Waals surface area contributed by atoms with Gasteiger partial charge in [0.1, 0.15) is 5.75 Å². The van der Waals surface area contributed by atoms with Crippen LogP contribution in [0.1, 0.15) is 18.5 Å². The van der Waals surface area contributed by atoms with Crippen LogP contribution in [0.4, 0.5) is 0 Å². The largest absolute Gasteiger partial charge is 0.496 e. The van der Waals surface area contributed by atoms with Gasteiger partial charge in [0.2, 0.25) is 0 Å². The van der Waals surface area contributed by atoms with Gasteiger partial charge in [-0.1, -0.05) is 25.1 Å². The molecule has 1 saturated heterocycles. The lowest BCUT2D eigenvalue weighted by atomic mass is 10.1. The summed E-state index contributed by atoms with van der Waals surface area (Å²) in [5.41, 5.74) is 0.915. The number of nitrogens with one attached hydrogen (secondary N) is 1. The van der Waals surface area contributed by atoms with Gasteiger partial charge in [0.15, 0.2) is 9.84 Å². The van der Waals surface area contributed by atoms with Crippen molar-refractivity contribution in [2.75, 3.05) is 25.2 Å². The van der Waals surface area contributed by atoms with Gasteiger partial charge in [-0.05, 0) is 18.5 Å². The molecule has 5 heteroatoms. The molecule has 1 N–H and O–H groups in total. The Hall–Kier alpha value is -1.07. The Balaban J connectivity index is 2.32. The molecule has 2 atom stereocenters. The molecule has 0 spiro atoms. The monoisotopic (exact) mass is 269 g/mol. The zero-order valence-electron chi connectivity index (χ0n) is 10.7. The Kier molecular flexibility index (Phi) is 3.92. The number of methoxy groups -OCH3 is 1. The summed E-state index contributed by atoms with van der Waals surface area (Å²) < 4.78 is 29.3. The fourth-order valence-corrected chi connectivity index (χ4v) is 4.30. The van der Waals surface area contributed by atoms with E-state index in [2.05, 4.69) is 5.32 Å². The van der Waals surface area contributed by atoms with Crippen molar-refractivity contribution in [3.05, 3.63) is 29.8 Å². The lowest BCUT2D eigenvalue weighted by molar-refractivity contribution is 0.400. The minimum absolute atomic E-state index is 0.137. The molecule has 1 heterocycles. The summed E-state index contributed by atoms with van der Waals surface area (Å²) in [6.45, 7) is 2.66. The summed E-state index contributed by atoms with van der Waals surface area (Å²) >= 11 is 0. The summed E-state index contributed by atoms with van der Waals surface area (Å²) in [4.78, 5) is 0. The Morgan fingerprint density at radius 3 is 2.72 bits per heavy atom. The minimum atomic E-state index is -3.01. The third-order valence-electron chi connectivity index (χ3n) is 3.19. The smallest absolute Gasteiger partial charge is 0.152 e. The average molecular weight is 269 g/mol. The maximum Gasteiger partial charge on any atom is 0.152 e. The van der Waals surface area contributed by atoms with Crippen LogP contribution in [-0.2, 0) is 9.84 Å². The first kappa shape index (κ1) is 13.4. The summed E-state index contributed by atoms with van der Waals surface area (Å²) in [7, 11) is -1.40. The highest BCUT2D eigenvalue weighted by atomic mass is 32.2. The highest BCUT2D eigenvalue weighted by Gasteiger charge is 2.28. The fraction of sp³-hybridized carbons (Fsp3) is 0.538.